The highest BCUT2D eigenvalue weighted by Crippen LogP contribution is 2.14. The number of amides is 1. The highest BCUT2D eigenvalue weighted by molar-refractivity contribution is 14.0. The summed E-state index contributed by atoms with van der Waals surface area (Å²) >= 11 is 0. The number of ether oxygens (including phenoxy) is 1. The van der Waals surface area contributed by atoms with Gasteiger partial charge in [0.1, 0.15) is 0 Å². The van der Waals surface area contributed by atoms with Crippen LogP contribution in [0.15, 0.2) is 4.99 Å². The summed E-state index contributed by atoms with van der Waals surface area (Å²) in [5, 5.41) is 7.85. The number of nitrogens with one attached hydrogen (secondary N) is 1. The zero-order valence-electron chi connectivity index (χ0n) is 18.4. The molecule has 0 aliphatic heterocycles. The van der Waals surface area contributed by atoms with Gasteiger partial charge in [-0.1, -0.05) is 0 Å². The smallest absolute Gasteiger partial charge is 0.242 e. The van der Waals surface area contributed by atoms with Crippen LogP contribution < -0.4 is 5.32 Å². The minimum absolute atomic E-state index is 0. The Bertz CT molecular complexity index is 628. The first-order valence-corrected chi connectivity index (χ1v) is 9.68. The van der Waals surface area contributed by atoms with Crippen LogP contribution in [0.3, 0.4) is 0 Å². The zero-order chi connectivity index (χ0) is 20.4. The third-order valence-corrected chi connectivity index (χ3v) is 4.61. The number of methoxy groups -OCH3 is 1. The molecule has 1 aromatic rings. The van der Waals surface area contributed by atoms with E-state index in [1.807, 2.05) is 49.2 Å². The lowest BCUT2D eigenvalue weighted by molar-refractivity contribution is -0.131. The molecule has 1 rings (SSSR count). The molecule has 162 valence electrons. The number of aryl methyl sites for hydroxylation is 1. The van der Waals surface area contributed by atoms with Crippen molar-refractivity contribution in [2.24, 2.45) is 4.99 Å². The average molecular weight is 508 g/mol. The van der Waals surface area contributed by atoms with E-state index in [4.69, 9.17) is 9.73 Å². The zero-order valence-corrected chi connectivity index (χ0v) is 20.7. The molecule has 1 heterocycles. The second kappa shape index (κ2) is 13.8. The Hall–Kier alpha value is -1.36. The number of carbonyl (C=O) groups excluding carboxylic acids is 1. The molecule has 8 nitrogen and oxygen atoms in total. The molecule has 0 atom stereocenters. The van der Waals surface area contributed by atoms with E-state index in [-0.39, 0.29) is 29.9 Å². The molecular weight excluding hydrogens is 471 g/mol. The molecule has 0 radical (unpaired) electrons. The van der Waals surface area contributed by atoms with Gasteiger partial charge in [-0.2, -0.15) is 5.10 Å². The average Bonchev–Trinajstić information content (AvgIpc) is 2.91. The van der Waals surface area contributed by atoms with Crippen LogP contribution in [-0.4, -0.2) is 78.4 Å². The Balaban J connectivity index is 0.00000729. The summed E-state index contributed by atoms with van der Waals surface area (Å²) in [4.78, 5) is 20.8. The number of rotatable bonds is 10. The molecule has 28 heavy (non-hydrogen) atoms. The molecule has 0 unspecified atom stereocenters. The van der Waals surface area contributed by atoms with Crippen LogP contribution in [-0.2, 0) is 22.6 Å². The summed E-state index contributed by atoms with van der Waals surface area (Å²) in [5.41, 5.74) is 3.20. The van der Waals surface area contributed by atoms with Crippen molar-refractivity contribution in [3.05, 3.63) is 17.0 Å². The number of guanidine groups is 1. The molecule has 0 aliphatic carbocycles. The van der Waals surface area contributed by atoms with Crippen LogP contribution in [0, 0.1) is 13.8 Å². The van der Waals surface area contributed by atoms with E-state index in [2.05, 4.69) is 17.3 Å². The van der Waals surface area contributed by atoms with Crippen molar-refractivity contribution in [2.45, 2.75) is 47.7 Å². The molecule has 0 fully saturated rings. The predicted octanol–water partition coefficient (Wildman–Crippen LogP) is 2.03. The lowest BCUT2D eigenvalue weighted by atomic mass is 10.2. The van der Waals surface area contributed by atoms with Crippen LogP contribution in [0.1, 0.15) is 37.7 Å². The number of likely N-dealkylation sites (N-methyl/N-ethyl adjacent to an activating group) is 2. The summed E-state index contributed by atoms with van der Waals surface area (Å²) in [6, 6.07) is 0. The number of nitrogens with zero attached hydrogens (tertiary/aromatic N) is 5. The molecular formula is C19H37IN6O2. The summed E-state index contributed by atoms with van der Waals surface area (Å²) < 4.78 is 7.11. The molecule has 0 aliphatic rings. The van der Waals surface area contributed by atoms with E-state index in [0.717, 1.165) is 49.1 Å². The second-order valence-corrected chi connectivity index (χ2v) is 6.46. The molecule has 1 N–H and O–H groups in total. The number of carbonyl (C=O) groups is 1. The first kappa shape index (κ1) is 26.6. The first-order valence-electron chi connectivity index (χ1n) is 9.68. The SMILES string of the molecule is CCNC(=NCc1c(C)nn(CCOC)c1C)N(C)CC(=O)N(CC)CC.I. The van der Waals surface area contributed by atoms with Gasteiger partial charge in [-0.3, -0.25) is 9.48 Å². The molecule has 0 spiro atoms. The van der Waals surface area contributed by atoms with Crippen molar-refractivity contribution in [1.29, 1.82) is 0 Å². The van der Waals surface area contributed by atoms with Crippen LogP contribution >= 0.6 is 24.0 Å². The Morgan fingerprint density at radius 2 is 1.89 bits per heavy atom. The quantitative estimate of drug-likeness (QED) is 0.298. The number of hydrogen-bond donors (Lipinski definition) is 1. The third kappa shape index (κ3) is 7.57. The lowest BCUT2D eigenvalue weighted by Crippen LogP contribution is -2.45. The number of aliphatic imine (C=N–C) groups is 1. The fourth-order valence-corrected chi connectivity index (χ4v) is 2.94. The highest BCUT2D eigenvalue weighted by Gasteiger charge is 2.16. The first-order chi connectivity index (χ1) is 12.9. The largest absolute Gasteiger partial charge is 0.383 e. The van der Waals surface area contributed by atoms with Gasteiger partial charge >= 0.3 is 0 Å². The molecule has 1 aromatic heterocycles. The van der Waals surface area contributed by atoms with Crippen molar-refractivity contribution >= 4 is 35.8 Å². The van der Waals surface area contributed by atoms with Gasteiger partial charge in [-0.05, 0) is 34.6 Å². The van der Waals surface area contributed by atoms with Crippen molar-refractivity contribution in [3.63, 3.8) is 0 Å². The number of aromatic nitrogens is 2. The maximum Gasteiger partial charge on any atom is 0.242 e. The molecule has 0 bridgehead atoms. The summed E-state index contributed by atoms with van der Waals surface area (Å²) in [7, 11) is 3.58. The van der Waals surface area contributed by atoms with Gasteiger partial charge in [0, 0.05) is 45.0 Å². The standard InChI is InChI=1S/C19H36N6O2.HI/c1-8-20-19(23(6)14-18(26)24(9-2)10-3)21-13-17-15(4)22-25(16(17)5)11-12-27-7;/h8-14H2,1-7H3,(H,20,21);1H. The predicted molar refractivity (Wildman–Crippen MR) is 124 cm³/mol. The summed E-state index contributed by atoms with van der Waals surface area (Å²) in [5.74, 6) is 0.828. The van der Waals surface area contributed by atoms with E-state index in [1.54, 1.807) is 7.11 Å². The van der Waals surface area contributed by atoms with Crippen LogP contribution in [0.4, 0.5) is 0 Å². The Kier molecular flexibility index (Phi) is 13.1. The number of halogens is 1. The molecule has 0 saturated heterocycles. The second-order valence-electron chi connectivity index (χ2n) is 6.46. The molecule has 1 amide bonds. The van der Waals surface area contributed by atoms with Gasteiger partial charge < -0.3 is 19.9 Å². The topological polar surface area (TPSA) is 75.0 Å². The molecule has 0 saturated carbocycles. The Labute approximate surface area is 186 Å². The Morgan fingerprint density at radius 3 is 2.43 bits per heavy atom. The van der Waals surface area contributed by atoms with Crippen molar-refractivity contribution < 1.29 is 9.53 Å². The van der Waals surface area contributed by atoms with Crippen LogP contribution in [0.2, 0.25) is 0 Å². The van der Waals surface area contributed by atoms with Crippen LogP contribution in [0.25, 0.3) is 0 Å². The van der Waals surface area contributed by atoms with Gasteiger partial charge in [0.25, 0.3) is 0 Å². The molecule has 0 aromatic carbocycles. The maximum atomic E-state index is 12.4. The number of hydrogen-bond acceptors (Lipinski definition) is 4. The van der Waals surface area contributed by atoms with Gasteiger partial charge in [0.05, 0.1) is 31.9 Å². The highest BCUT2D eigenvalue weighted by atomic mass is 127. The van der Waals surface area contributed by atoms with E-state index >= 15 is 0 Å². The van der Waals surface area contributed by atoms with Gasteiger partial charge in [-0.25, -0.2) is 4.99 Å². The minimum atomic E-state index is 0. The fourth-order valence-electron chi connectivity index (χ4n) is 2.94. The van der Waals surface area contributed by atoms with E-state index in [9.17, 15) is 4.79 Å². The summed E-state index contributed by atoms with van der Waals surface area (Å²) in [6.45, 7) is 14.4. The van der Waals surface area contributed by atoms with Crippen molar-refractivity contribution in [1.82, 2.24) is 24.9 Å². The van der Waals surface area contributed by atoms with Crippen molar-refractivity contribution in [2.75, 3.05) is 46.9 Å². The van der Waals surface area contributed by atoms with Gasteiger partial charge in [0.15, 0.2) is 5.96 Å². The Morgan fingerprint density at radius 1 is 1.25 bits per heavy atom. The molecule has 9 heteroatoms. The van der Waals surface area contributed by atoms with Gasteiger partial charge in [0.2, 0.25) is 5.91 Å². The fraction of sp³-hybridized carbons (Fsp3) is 0.737. The normalized spacial score (nSPS) is 11.2. The van der Waals surface area contributed by atoms with E-state index in [0.29, 0.717) is 19.7 Å². The monoisotopic (exact) mass is 508 g/mol. The summed E-state index contributed by atoms with van der Waals surface area (Å²) in [6.07, 6.45) is 0. The lowest BCUT2D eigenvalue weighted by Gasteiger charge is -2.25. The van der Waals surface area contributed by atoms with Gasteiger partial charge in [-0.15, -0.1) is 24.0 Å². The van der Waals surface area contributed by atoms with E-state index in [1.165, 1.54) is 0 Å². The van der Waals surface area contributed by atoms with Crippen molar-refractivity contribution in [3.8, 4) is 0 Å². The van der Waals surface area contributed by atoms with Crippen LogP contribution in [0.5, 0.6) is 0 Å². The third-order valence-electron chi connectivity index (χ3n) is 4.61. The minimum Gasteiger partial charge on any atom is -0.383 e. The van der Waals surface area contributed by atoms with E-state index < -0.39 is 0 Å². The maximum absolute atomic E-state index is 12.4.